The molecule has 4 nitrogen and oxygen atoms in total. The molecule has 0 aromatic carbocycles. The number of rotatable bonds is 8. The predicted molar refractivity (Wildman–Crippen MR) is 55.0 cm³/mol. The van der Waals surface area contributed by atoms with Crippen LogP contribution in [0.2, 0.25) is 0 Å². The smallest absolute Gasteiger partial charge is 0.220 e. The van der Waals surface area contributed by atoms with Crippen LogP contribution in [-0.2, 0) is 9.53 Å². The Balaban J connectivity index is 3.56. The van der Waals surface area contributed by atoms with E-state index < -0.39 is 0 Å². The first-order valence-electron chi connectivity index (χ1n) is 5.13. The Labute approximate surface area is 85.6 Å². The van der Waals surface area contributed by atoms with Crippen LogP contribution in [0.4, 0.5) is 0 Å². The van der Waals surface area contributed by atoms with Crippen molar-refractivity contribution in [2.75, 3.05) is 20.3 Å². The van der Waals surface area contributed by atoms with Gasteiger partial charge in [-0.15, -0.1) is 0 Å². The predicted octanol–water partition coefficient (Wildman–Crippen LogP) is 0.690. The Hall–Kier alpha value is -0.610. The number of carbonyl (C=O) groups excluding carboxylic acids is 1. The summed E-state index contributed by atoms with van der Waals surface area (Å²) < 4.78 is 4.85. The van der Waals surface area contributed by atoms with Gasteiger partial charge in [-0.3, -0.25) is 4.79 Å². The molecule has 0 saturated carbocycles. The summed E-state index contributed by atoms with van der Waals surface area (Å²) in [6, 6.07) is -0.269. The highest BCUT2D eigenvalue weighted by Gasteiger charge is 2.09. The highest BCUT2D eigenvalue weighted by Crippen LogP contribution is 1.98. The van der Waals surface area contributed by atoms with Gasteiger partial charge >= 0.3 is 0 Å². The van der Waals surface area contributed by atoms with Gasteiger partial charge in [0.05, 0.1) is 19.3 Å². The first kappa shape index (κ1) is 13.4. The molecule has 0 aliphatic rings. The van der Waals surface area contributed by atoms with Crippen LogP contribution < -0.4 is 5.32 Å². The van der Waals surface area contributed by atoms with E-state index in [0.717, 1.165) is 19.3 Å². The molecule has 1 unspecified atom stereocenters. The Kier molecular flexibility index (Phi) is 8.57. The van der Waals surface area contributed by atoms with Crippen molar-refractivity contribution in [1.29, 1.82) is 0 Å². The van der Waals surface area contributed by atoms with Crippen molar-refractivity contribution >= 4 is 5.91 Å². The van der Waals surface area contributed by atoms with Gasteiger partial charge in [0, 0.05) is 13.5 Å². The van der Waals surface area contributed by atoms with Gasteiger partial charge in [-0.2, -0.15) is 0 Å². The maximum Gasteiger partial charge on any atom is 0.220 e. The number of hydrogen-bond donors (Lipinski definition) is 2. The largest absolute Gasteiger partial charge is 0.394 e. The zero-order valence-corrected chi connectivity index (χ0v) is 9.08. The maximum atomic E-state index is 11.3. The van der Waals surface area contributed by atoms with E-state index in [9.17, 15) is 4.79 Å². The van der Waals surface area contributed by atoms with Crippen molar-refractivity contribution in [3.8, 4) is 0 Å². The summed E-state index contributed by atoms with van der Waals surface area (Å²) in [4.78, 5) is 11.3. The molecule has 0 rings (SSSR count). The van der Waals surface area contributed by atoms with Gasteiger partial charge in [-0.25, -0.2) is 0 Å². The van der Waals surface area contributed by atoms with Crippen LogP contribution in [0.3, 0.4) is 0 Å². The molecule has 1 atom stereocenters. The molecule has 0 spiro atoms. The number of amides is 1. The first-order valence-corrected chi connectivity index (χ1v) is 5.13. The minimum Gasteiger partial charge on any atom is -0.394 e. The third kappa shape index (κ3) is 6.86. The third-order valence-electron chi connectivity index (χ3n) is 1.96. The second-order valence-electron chi connectivity index (χ2n) is 3.36. The van der Waals surface area contributed by atoms with E-state index in [1.165, 1.54) is 0 Å². The normalized spacial score (nSPS) is 12.5. The molecule has 0 aromatic rings. The monoisotopic (exact) mass is 203 g/mol. The van der Waals surface area contributed by atoms with Gasteiger partial charge < -0.3 is 15.2 Å². The summed E-state index contributed by atoms with van der Waals surface area (Å²) in [5, 5.41) is 11.6. The lowest BCUT2D eigenvalue weighted by Gasteiger charge is -2.14. The molecule has 0 heterocycles. The summed E-state index contributed by atoms with van der Waals surface area (Å²) in [5.74, 6) is -0.00505. The standard InChI is InChI=1S/C10H21NO3/c1-3-4-5-6-10(13)11-9(7-12)8-14-2/h9,12H,3-8H2,1-2H3,(H,11,13). The quantitative estimate of drug-likeness (QED) is 0.571. The maximum absolute atomic E-state index is 11.3. The zero-order valence-electron chi connectivity index (χ0n) is 9.08. The number of unbranched alkanes of at least 4 members (excludes halogenated alkanes) is 2. The van der Waals surface area contributed by atoms with E-state index in [1.807, 2.05) is 0 Å². The Morgan fingerprint density at radius 2 is 2.21 bits per heavy atom. The SMILES string of the molecule is CCCCCC(=O)NC(CO)COC. The van der Waals surface area contributed by atoms with E-state index in [-0.39, 0.29) is 18.6 Å². The van der Waals surface area contributed by atoms with Gasteiger partial charge in [0.15, 0.2) is 0 Å². The molecule has 14 heavy (non-hydrogen) atoms. The minimum atomic E-state index is -0.269. The van der Waals surface area contributed by atoms with Gasteiger partial charge in [-0.05, 0) is 6.42 Å². The summed E-state index contributed by atoms with van der Waals surface area (Å²) in [7, 11) is 1.55. The average Bonchev–Trinajstić information content (AvgIpc) is 2.17. The number of methoxy groups -OCH3 is 1. The molecule has 0 radical (unpaired) electrons. The fourth-order valence-corrected chi connectivity index (χ4v) is 1.18. The minimum absolute atomic E-state index is 0.00505. The van der Waals surface area contributed by atoms with Gasteiger partial charge in [0.1, 0.15) is 0 Å². The number of aliphatic hydroxyl groups excluding tert-OH is 1. The van der Waals surface area contributed by atoms with Crippen LogP contribution in [-0.4, -0.2) is 37.4 Å². The molecular weight excluding hydrogens is 182 g/mol. The molecule has 0 saturated heterocycles. The molecular formula is C10H21NO3. The first-order chi connectivity index (χ1) is 6.74. The van der Waals surface area contributed by atoms with Crippen LogP contribution in [0.25, 0.3) is 0 Å². The highest BCUT2D eigenvalue weighted by atomic mass is 16.5. The van der Waals surface area contributed by atoms with Crippen LogP contribution in [0, 0.1) is 0 Å². The lowest BCUT2D eigenvalue weighted by Crippen LogP contribution is -2.40. The van der Waals surface area contributed by atoms with E-state index in [4.69, 9.17) is 9.84 Å². The number of carbonyl (C=O) groups is 1. The molecule has 0 aliphatic carbocycles. The van der Waals surface area contributed by atoms with E-state index >= 15 is 0 Å². The Bertz CT molecular complexity index is 150. The van der Waals surface area contributed by atoms with Gasteiger partial charge in [0.2, 0.25) is 5.91 Å². The topological polar surface area (TPSA) is 58.6 Å². The van der Waals surface area contributed by atoms with Crippen LogP contribution >= 0.6 is 0 Å². The third-order valence-corrected chi connectivity index (χ3v) is 1.96. The van der Waals surface area contributed by atoms with Crippen LogP contribution in [0.1, 0.15) is 32.6 Å². The van der Waals surface area contributed by atoms with Crippen molar-refractivity contribution < 1.29 is 14.6 Å². The molecule has 0 fully saturated rings. The average molecular weight is 203 g/mol. The summed E-state index contributed by atoms with van der Waals surface area (Å²) in [6.45, 7) is 2.38. The molecule has 4 heteroatoms. The Morgan fingerprint density at radius 1 is 1.50 bits per heavy atom. The fraction of sp³-hybridized carbons (Fsp3) is 0.900. The molecule has 1 amide bonds. The van der Waals surface area contributed by atoms with E-state index in [1.54, 1.807) is 7.11 Å². The van der Waals surface area contributed by atoms with Gasteiger partial charge in [0.25, 0.3) is 0 Å². The van der Waals surface area contributed by atoms with Crippen molar-refractivity contribution in [1.82, 2.24) is 5.32 Å². The second-order valence-corrected chi connectivity index (χ2v) is 3.36. The number of nitrogens with one attached hydrogen (secondary N) is 1. The van der Waals surface area contributed by atoms with E-state index in [0.29, 0.717) is 13.0 Å². The summed E-state index contributed by atoms with van der Waals surface area (Å²) in [5.41, 5.74) is 0. The number of ether oxygens (including phenoxy) is 1. The summed E-state index contributed by atoms with van der Waals surface area (Å²) in [6.07, 6.45) is 3.62. The Morgan fingerprint density at radius 3 is 2.71 bits per heavy atom. The number of aliphatic hydroxyl groups is 1. The van der Waals surface area contributed by atoms with Crippen molar-refractivity contribution in [3.05, 3.63) is 0 Å². The van der Waals surface area contributed by atoms with Gasteiger partial charge in [-0.1, -0.05) is 19.8 Å². The summed E-state index contributed by atoms with van der Waals surface area (Å²) >= 11 is 0. The zero-order chi connectivity index (χ0) is 10.8. The van der Waals surface area contributed by atoms with Crippen LogP contribution in [0.5, 0.6) is 0 Å². The van der Waals surface area contributed by atoms with Crippen LogP contribution in [0.15, 0.2) is 0 Å². The van der Waals surface area contributed by atoms with Crippen molar-refractivity contribution in [2.45, 2.75) is 38.6 Å². The molecule has 0 aliphatic heterocycles. The lowest BCUT2D eigenvalue weighted by molar-refractivity contribution is -0.122. The number of hydrogen-bond acceptors (Lipinski definition) is 3. The van der Waals surface area contributed by atoms with E-state index in [2.05, 4.69) is 12.2 Å². The van der Waals surface area contributed by atoms with Crippen molar-refractivity contribution in [2.24, 2.45) is 0 Å². The van der Waals surface area contributed by atoms with Crippen molar-refractivity contribution in [3.63, 3.8) is 0 Å². The highest BCUT2D eigenvalue weighted by molar-refractivity contribution is 5.76. The second kappa shape index (κ2) is 8.97. The molecule has 0 bridgehead atoms. The lowest BCUT2D eigenvalue weighted by atomic mass is 10.2. The molecule has 84 valence electrons. The molecule has 2 N–H and O–H groups in total. The fourth-order valence-electron chi connectivity index (χ4n) is 1.18. The molecule has 0 aromatic heterocycles.